The number of rotatable bonds is 5. The SMILES string of the molecule is CC1(NC(=O)c2ccc3c(c2)C(C)(C)C(=O)N3c2cc(OC(F)F)ccc2F)CCS(=O)(=O)CC1. The third-order valence-corrected chi connectivity index (χ3v) is 8.29. The van der Waals surface area contributed by atoms with Crippen molar-refractivity contribution in [1.82, 2.24) is 5.32 Å². The Bertz CT molecular complexity index is 1300. The number of ether oxygens (including phenoxy) is 1. The number of sulfone groups is 1. The molecule has 0 bridgehead atoms. The molecule has 1 saturated heterocycles. The second kappa shape index (κ2) is 8.54. The van der Waals surface area contributed by atoms with Crippen molar-refractivity contribution in [1.29, 1.82) is 0 Å². The summed E-state index contributed by atoms with van der Waals surface area (Å²) in [6.45, 7) is 1.93. The predicted octanol–water partition coefficient (Wildman–Crippen LogP) is 4.08. The molecule has 7 nitrogen and oxygen atoms in total. The van der Waals surface area contributed by atoms with Crippen molar-refractivity contribution in [2.45, 2.75) is 51.2 Å². The molecule has 35 heavy (non-hydrogen) atoms. The van der Waals surface area contributed by atoms with Crippen LogP contribution in [0.5, 0.6) is 5.75 Å². The van der Waals surface area contributed by atoms with Crippen molar-refractivity contribution in [3.05, 3.63) is 53.3 Å². The van der Waals surface area contributed by atoms with Gasteiger partial charge < -0.3 is 10.1 Å². The molecule has 0 saturated carbocycles. The Balaban J connectivity index is 1.66. The minimum absolute atomic E-state index is 0.00956. The largest absolute Gasteiger partial charge is 0.435 e. The third-order valence-electron chi connectivity index (χ3n) is 6.64. The molecule has 11 heteroatoms. The van der Waals surface area contributed by atoms with Crippen molar-refractivity contribution in [2.75, 3.05) is 16.4 Å². The first kappa shape index (κ1) is 25.0. The lowest BCUT2D eigenvalue weighted by molar-refractivity contribution is -0.121. The lowest BCUT2D eigenvalue weighted by Crippen LogP contribution is -2.50. The van der Waals surface area contributed by atoms with Gasteiger partial charge in [-0.05, 0) is 69.5 Å². The number of carbonyl (C=O) groups is 2. The summed E-state index contributed by atoms with van der Waals surface area (Å²) in [5, 5.41) is 2.91. The summed E-state index contributed by atoms with van der Waals surface area (Å²) in [5.74, 6) is -2.04. The molecule has 2 heterocycles. The lowest BCUT2D eigenvalue weighted by Gasteiger charge is -2.34. The van der Waals surface area contributed by atoms with Gasteiger partial charge in [-0.1, -0.05) is 0 Å². The maximum atomic E-state index is 14.7. The van der Waals surface area contributed by atoms with Crippen LogP contribution < -0.4 is 15.0 Å². The van der Waals surface area contributed by atoms with Gasteiger partial charge in [0, 0.05) is 17.2 Å². The van der Waals surface area contributed by atoms with Crippen molar-refractivity contribution < 1.29 is 35.9 Å². The average molecular weight is 511 g/mol. The molecule has 188 valence electrons. The summed E-state index contributed by atoms with van der Waals surface area (Å²) in [6.07, 6.45) is 0.583. The number of carbonyl (C=O) groups excluding carboxylic acids is 2. The number of nitrogens with zero attached hydrogens (tertiary/aromatic N) is 1. The standard InChI is InChI=1S/C24H25F3N2O5S/c1-23(2)16-12-14(20(30)28-24(3)8-10-35(32,33)11-9-24)4-7-18(16)29(21(23)31)19-13-15(34-22(26)27)5-6-17(19)25/h4-7,12-13,22H,8-11H2,1-3H3,(H,28,30). The van der Waals surface area contributed by atoms with Gasteiger partial charge in [-0.2, -0.15) is 8.78 Å². The number of hydrogen-bond donors (Lipinski definition) is 1. The van der Waals surface area contributed by atoms with Gasteiger partial charge >= 0.3 is 6.61 Å². The first-order chi connectivity index (χ1) is 16.2. The smallest absolute Gasteiger partial charge is 0.387 e. The van der Waals surface area contributed by atoms with E-state index in [9.17, 15) is 31.2 Å². The highest BCUT2D eigenvalue weighted by Gasteiger charge is 2.46. The number of benzene rings is 2. The Morgan fingerprint density at radius 3 is 2.34 bits per heavy atom. The van der Waals surface area contributed by atoms with Crippen LogP contribution in [0.4, 0.5) is 24.5 Å². The number of halogens is 3. The van der Waals surface area contributed by atoms with Crippen molar-refractivity contribution in [3.8, 4) is 5.75 Å². The van der Waals surface area contributed by atoms with E-state index in [1.807, 2.05) is 0 Å². The minimum Gasteiger partial charge on any atom is -0.435 e. The van der Waals surface area contributed by atoms with Gasteiger partial charge in [0.05, 0.1) is 28.3 Å². The zero-order valence-electron chi connectivity index (χ0n) is 19.4. The van der Waals surface area contributed by atoms with Gasteiger partial charge in [0.25, 0.3) is 5.91 Å². The van der Waals surface area contributed by atoms with Crippen LogP contribution in [-0.2, 0) is 20.0 Å². The highest BCUT2D eigenvalue weighted by Crippen LogP contribution is 2.47. The fourth-order valence-corrected chi connectivity index (χ4v) is 6.14. The molecule has 1 N–H and O–H groups in total. The molecule has 2 aliphatic heterocycles. The molecule has 0 unspecified atom stereocenters. The summed E-state index contributed by atoms with van der Waals surface area (Å²) >= 11 is 0. The molecule has 0 aromatic heterocycles. The first-order valence-electron chi connectivity index (χ1n) is 11.0. The molecule has 0 atom stereocenters. The monoisotopic (exact) mass is 510 g/mol. The minimum atomic E-state index is -3.11. The second-order valence-corrected chi connectivity index (χ2v) is 12.0. The number of amides is 2. The molecule has 2 amide bonds. The Kier molecular flexibility index (Phi) is 6.11. The van der Waals surface area contributed by atoms with E-state index in [0.29, 0.717) is 24.1 Å². The molecule has 1 fully saturated rings. The van der Waals surface area contributed by atoms with E-state index in [1.165, 1.54) is 12.1 Å². The van der Waals surface area contributed by atoms with Crippen molar-refractivity contribution >= 4 is 33.0 Å². The molecule has 2 aromatic carbocycles. The van der Waals surface area contributed by atoms with E-state index in [0.717, 1.165) is 23.1 Å². The topological polar surface area (TPSA) is 92.8 Å². The number of alkyl halides is 2. The third kappa shape index (κ3) is 4.73. The summed E-state index contributed by atoms with van der Waals surface area (Å²) in [4.78, 5) is 27.4. The molecule has 0 aliphatic carbocycles. The second-order valence-electron chi connectivity index (χ2n) is 9.66. The Labute approximate surface area is 201 Å². The van der Waals surface area contributed by atoms with E-state index < -0.39 is 45.0 Å². The van der Waals surface area contributed by atoms with Crippen molar-refractivity contribution in [3.63, 3.8) is 0 Å². The molecule has 0 radical (unpaired) electrons. The van der Waals surface area contributed by atoms with E-state index >= 15 is 0 Å². The molecule has 2 aliphatic rings. The number of hydrogen-bond acceptors (Lipinski definition) is 5. The van der Waals surface area contributed by atoms with Gasteiger partial charge in [-0.3, -0.25) is 14.5 Å². The van der Waals surface area contributed by atoms with Crippen LogP contribution in [0.25, 0.3) is 0 Å². The molecule has 2 aromatic rings. The highest BCUT2D eigenvalue weighted by molar-refractivity contribution is 7.91. The van der Waals surface area contributed by atoms with Crippen LogP contribution in [0.2, 0.25) is 0 Å². The van der Waals surface area contributed by atoms with Gasteiger partial charge in [0.1, 0.15) is 21.4 Å². The summed E-state index contributed by atoms with van der Waals surface area (Å²) < 4.78 is 67.9. The number of nitrogens with one attached hydrogen (secondary N) is 1. The average Bonchev–Trinajstić information content (AvgIpc) is 2.97. The Morgan fingerprint density at radius 2 is 1.71 bits per heavy atom. The van der Waals surface area contributed by atoms with Crippen LogP contribution in [0.15, 0.2) is 36.4 Å². The summed E-state index contributed by atoms with van der Waals surface area (Å²) in [6, 6.07) is 7.55. The van der Waals surface area contributed by atoms with E-state index in [-0.39, 0.29) is 28.5 Å². The fraction of sp³-hybridized carbons (Fsp3) is 0.417. The van der Waals surface area contributed by atoms with Gasteiger partial charge in [0.2, 0.25) is 5.91 Å². The van der Waals surface area contributed by atoms with Gasteiger partial charge in [-0.15, -0.1) is 0 Å². The van der Waals surface area contributed by atoms with Gasteiger partial charge in [-0.25, -0.2) is 12.8 Å². The maximum Gasteiger partial charge on any atom is 0.387 e. The number of fused-ring (bicyclic) bond motifs is 1. The van der Waals surface area contributed by atoms with E-state index in [4.69, 9.17) is 0 Å². The van der Waals surface area contributed by atoms with Crippen LogP contribution >= 0.6 is 0 Å². The van der Waals surface area contributed by atoms with Crippen LogP contribution in [-0.4, -0.2) is 43.9 Å². The van der Waals surface area contributed by atoms with E-state index in [2.05, 4.69) is 10.1 Å². The van der Waals surface area contributed by atoms with Crippen molar-refractivity contribution in [2.24, 2.45) is 0 Å². The highest BCUT2D eigenvalue weighted by atomic mass is 32.2. The molecular formula is C24H25F3N2O5S. The summed E-state index contributed by atoms with van der Waals surface area (Å²) in [7, 11) is -3.11. The van der Waals surface area contributed by atoms with E-state index in [1.54, 1.807) is 26.8 Å². The van der Waals surface area contributed by atoms with Crippen LogP contribution in [0.3, 0.4) is 0 Å². The zero-order valence-corrected chi connectivity index (χ0v) is 20.2. The summed E-state index contributed by atoms with van der Waals surface area (Å²) in [5.41, 5.74) is -1.02. The van der Waals surface area contributed by atoms with Crippen LogP contribution in [0, 0.1) is 5.82 Å². The molecule has 0 spiro atoms. The lowest BCUT2D eigenvalue weighted by atomic mass is 9.85. The normalized spacial score (nSPS) is 20.0. The Morgan fingerprint density at radius 1 is 1.06 bits per heavy atom. The molecular weight excluding hydrogens is 485 g/mol. The molecule has 4 rings (SSSR count). The number of anilines is 2. The first-order valence-corrected chi connectivity index (χ1v) is 12.8. The quantitative estimate of drug-likeness (QED) is 0.655. The van der Waals surface area contributed by atoms with Crippen LogP contribution in [0.1, 0.15) is 49.5 Å². The predicted molar refractivity (Wildman–Crippen MR) is 123 cm³/mol. The fourth-order valence-electron chi connectivity index (χ4n) is 4.42. The maximum absolute atomic E-state index is 14.7. The zero-order chi connectivity index (χ0) is 25.8. The van der Waals surface area contributed by atoms with Gasteiger partial charge in [0.15, 0.2) is 0 Å². The Hall–Kier alpha value is -3.08.